The summed E-state index contributed by atoms with van der Waals surface area (Å²) in [5.74, 6) is 0.709. The minimum Gasteiger partial charge on any atom is -0.385 e. The topological polar surface area (TPSA) is 44.1 Å². The first-order valence-electron chi connectivity index (χ1n) is 6.38. The molecule has 108 valence electrons. The Kier molecular flexibility index (Phi) is 5.18. The molecule has 0 aliphatic rings. The van der Waals surface area contributed by atoms with Gasteiger partial charge in [0.05, 0.1) is 20.8 Å². The fourth-order valence-corrected chi connectivity index (χ4v) is 2.73. The molecular weight excluding hydrogens is 344 g/mol. The van der Waals surface area contributed by atoms with Gasteiger partial charge in [0.25, 0.3) is 5.56 Å². The molecule has 1 aromatic heterocycles. The molecule has 0 saturated heterocycles. The van der Waals surface area contributed by atoms with Gasteiger partial charge in [0, 0.05) is 20.3 Å². The van der Waals surface area contributed by atoms with Crippen molar-refractivity contribution in [3.05, 3.63) is 39.4 Å². The molecule has 0 bridgehead atoms. The van der Waals surface area contributed by atoms with Gasteiger partial charge in [0.15, 0.2) is 0 Å². The number of aromatic nitrogens is 2. The van der Waals surface area contributed by atoms with Crippen LogP contribution in [0.3, 0.4) is 0 Å². The molecule has 1 unspecified atom stereocenters. The predicted molar refractivity (Wildman–Crippen MR) is 84.8 cm³/mol. The molecule has 2 aromatic rings. The van der Waals surface area contributed by atoms with E-state index in [4.69, 9.17) is 16.3 Å². The lowest BCUT2D eigenvalue weighted by molar-refractivity contribution is 0.189. The standard InChI is InChI=1S/C14H16BrClN2O2/c1-9(15)13-17-11-6-3-5-10(16)12(11)14(19)18(13)7-4-8-20-2/h3,5-6,9H,4,7-8H2,1-2H3. The third-order valence-electron chi connectivity index (χ3n) is 3.05. The second-order valence-electron chi connectivity index (χ2n) is 4.52. The van der Waals surface area contributed by atoms with Crippen LogP contribution in [-0.4, -0.2) is 23.3 Å². The number of benzene rings is 1. The van der Waals surface area contributed by atoms with Crippen molar-refractivity contribution in [2.75, 3.05) is 13.7 Å². The molecule has 2 rings (SSSR count). The van der Waals surface area contributed by atoms with Crippen LogP contribution in [0.1, 0.15) is 24.0 Å². The first kappa shape index (κ1) is 15.5. The highest BCUT2D eigenvalue weighted by Gasteiger charge is 2.15. The Morgan fingerprint density at radius 2 is 2.25 bits per heavy atom. The molecule has 0 aliphatic heterocycles. The largest absolute Gasteiger partial charge is 0.385 e. The first-order valence-corrected chi connectivity index (χ1v) is 7.67. The average molecular weight is 360 g/mol. The highest BCUT2D eigenvalue weighted by molar-refractivity contribution is 9.09. The third kappa shape index (κ3) is 3.05. The van der Waals surface area contributed by atoms with Crippen LogP contribution >= 0.6 is 27.5 Å². The van der Waals surface area contributed by atoms with Crippen molar-refractivity contribution < 1.29 is 4.74 Å². The zero-order chi connectivity index (χ0) is 14.7. The monoisotopic (exact) mass is 358 g/mol. The molecule has 4 nitrogen and oxygen atoms in total. The van der Waals surface area contributed by atoms with Gasteiger partial charge in [0.1, 0.15) is 5.82 Å². The van der Waals surface area contributed by atoms with Crippen LogP contribution in [0, 0.1) is 0 Å². The number of methoxy groups -OCH3 is 1. The summed E-state index contributed by atoms with van der Waals surface area (Å²) in [5.41, 5.74) is 0.532. The fraction of sp³-hybridized carbons (Fsp3) is 0.429. The molecule has 0 aliphatic carbocycles. The third-order valence-corrected chi connectivity index (χ3v) is 3.77. The molecule has 1 aromatic carbocycles. The number of nitrogens with zero attached hydrogens (tertiary/aromatic N) is 2. The van der Waals surface area contributed by atoms with Crippen molar-refractivity contribution in [2.45, 2.75) is 24.7 Å². The van der Waals surface area contributed by atoms with Gasteiger partial charge in [-0.1, -0.05) is 33.6 Å². The number of halogens is 2. The van der Waals surface area contributed by atoms with Gasteiger partial charge in [-0.15, -0.1) is 0 Å². The Morgan fingerprint density at radius 3 is 2.90 bits per heavy atom. The molecule has 6 heteroatoms. The van der Waals surface area contributed by atoms with Crippen molar-refractivity contribution in [3.8, 4) is 0 Å². The van der Waals surface area contributed by atoms with Crippen molar-refractivity contribution in [1.82, 2.24) is 9.55 Å². The minimum absolute atomic E-state index is 0.0128. The van der Waals surface area contributed by atoms with Crippen LogP contribution in [0.4, 0.5) is 0 Å². The summed E-state index contributed by atoms with van der Waals surface area (Å²) >= 11 is 9.63. The van der Waals surface area contributed by atoms with Crippen LogP contribution in [0.2, 0.25) is 5.02 Å². The van der Waals surface area contributed by atoms with Gasteiger partial charge in [-0.05, 0) is 25.5 Å². The predicted octanol–water partition coefficient (Wildman–Crippen LogP) is 3.54. The Hall–Kier alpha value is -0.910. The Morgan fingerprint density at radius 1 is 1.50 bits per heavy atom. The molecular formula is C14H16BrClN2O2. The second kappa shape index (κ2) is 6.70. The fourth-order valence-electron chi connectivity index (χ4n) is 2.13. The first-order chi connectivity index (χ1) is 9.56. The SMILES string of the molecule is COCCCn1c(C(C)Br)nc2cccc(Cl)c2c1=O. The van der Waals surface area contributed by atoms with E-state index in [1.54, 1.807) is 29.9 Å². The molecule has 0 fully saturated rings. The van der Waals surface area contributed by atoms with Crippen molar-refractivity contribution in [2.24, 2.45) is 0 Å². The lowest BCUT2D eigenvalue weighted by atomic mass is 10.2. The van der Waals surface area contributed by atoms with Gasteiger partial charge in [-0.25, -0.2) is 4.98 Å². The lowest BCUT2D eigenvalue weighted by Crippen LogP contribution is -2.26. The van der Waals surface area contributed by atoms with Gasteiger partial charge in [-0.2, -0.15) is 0 Å². The van der Waals surface area contributed by atoms with E-state index in [0.717, 1.165) is 6.42 Å². The highest BCUT2D eigenvalue weighted by atomic mass is 79.9. The Balaban J connectivity index is 2.63. The summed E-state index contributed by atoms with van der Waals surface area (Å²) in [7, 11) is 1.65. The van der Waals surface area contributed by atoms with Crippen LogP contribution < -0.4 is 5.56 Å². The smallest absolute Gasteiger partial charge is 0.262 e. The van der Waals surface area contributed by atoms with Crippen LogP contribution in [0.25, 0.3) is 10.9 Å². The molecule has 20 heavy (non-hydrogen) atoms. The van der Waals surface area contributed by atoms with Crippen LogP contribution in [-0.2, 0) is 11.3 Å². The Labute approximate surface area is 130 Å². The molecule has 0 amide bonds. The van der Waals surface area contributed by atoms with E-state index in [2.05, 4.69) is 20.9 Å². The van der Waals surface area contributed by atoms with Crippen molar-refractivity contribution >= 4 is 38.4 Å². The maximum Gasteiger partial charge on any atom is 0.262 e. The number of hydrogen-bond acceptors (Lipinski definition) is 3. The zero-order valence-corrected chi connectivity index (χ0v) is 13.7. The number of fused-ring (bicyclic) bond motifs is 1. The normalized spacial score (nSPS) is 12.8. The van der Waals surface area contributed by atoms with E-state index in [0.29, 0.717) is 34.9 Å². The summed E-state index contributed by atoms with van der Waals surface area (Å²) < 4.78 is 6.71. The molecule has 0 spiro atoms. The Bertz CT molecular complexity index is 670. The van der Waals surface area contributed by atoms with Crippen molar-refractivity contribution in [1.29, 1.82) is 0 Å². The molecule has 0 radical (unpaired) electrons. The van der Waals surface area contributed by atoms with Gasteiger partial charge in [0.2, 0.25) is 0 Å². The van der Waals surface area contributed by atoms with E-state index < -0.39 is 0 Å². The quantitative estimate of drug-likeness (QED) is 0.606. The maximum absolute atomic E-state index is 12.6. The molecule has 0 saturated carbocycles. The summed E-state index contributed by atoms with van der Waals surface area (Å²) in [6.07, 6.45) is 0.751. The highest BCUT2D eigenvalue weighted by Crippen LogP contribution is 2.24. The summed E-state index contributed by atoms with van der Waals surface area (Å²) in [6.45, 7) is 3.11. The summed E-state index contributed by atoms with van der Waals surface area (Å²) in [5, 5.41) is 0.915. The van der Waals surface area contributed by atoms with Crippen LogP contribution in [0.5, 0.6) is 0 Å². The average Bonchev–Trinajstić information content (AvgIpc) is 2.40. The summed E-state index contributed by atoms with van der Waals surface area (Å²) in [6, 6.07) is 5.32. The van der Waals surface area contributed by atoms with E-state index in [9.17, 15) is 4.79 Å². The van der Waals surface area contributed by atoms with Crippen molar-refractivity contribution in [3.63, 3.8) is 0 Å². The van der Waals surface area contributed by atoms with E-state index in [1.807, 2.05) is 6.92 Å². The van der Waals surface area contributed by atoms with Gasteiger partial charge in [-0.3, -0.25) is 9.36 Å². The number of rotatable bonds is 5. The zero-order valence-electron chi connectivity index (χ0n) is 11.4. The van der Waals surface area contributed by atoms with Crippen LogP contribution in [0.15, 0.2) is 23.0 Å². The number of hydrogen-bond donors (Lipinski definition) is 0. The number of alkyl halides is 1. The maximum atomic E-state index is 12.6. The molecule has 1 heterocycles. The van der Waals surface area contributed by atoms with E-state index in [-0.39, 0.29) is 10.4 Å². The van der Waals surface area contributed by atoms with E-state index >= 15 is 0 Å². The number of ether oxygens (including phenoxy) is 1. The minimum atomic E-state index is -0.0991. The lowest BCUT2D eigenvalue weighted by Gasteiger charge is -2.15. The van der Waals surface area contributed by atoms with E-state index in [1.165, 1.54) is 0 Å². The molecule has 1 atom stereocenters. The molecule has 0 N–H and O–H groups in total. The van der Waals surface area contributed by atoms with Gasteiger partial charge >= 0.3 is 0 Å². The van der Waals surface area contributed by atoms with Gasteiger partial charge < -0.3 is 4.74 Å². The second-order valence-corrected chi connectivity index (χ2v) is 6.30. The summed E-state index contributed by atoms with van der Waals surface area (Å²) in [4.78, 5) is 17.2.